The van der Waals surface area contributed by atoms with Crippen molar-refractivity contribution in [2.24, 2.45) is 52.3 Å². The van der Waals surface area contributed by atoms with Gasteiger partial charge in [0, 0.05) is 16.8 Å². The summed E-state index contributed by atoms with van der Waals surface area (Å²) in [5.41, 5.74) is 16.8. The van der Waals surface area contributed by atoms with Gasteiger partial charge in [-0.1, -0.05) is 90.3 Å². The van der Waals surface area contributed by atoms with Gasteiger partial charge in [0.15, 0.2) is 0 Å². The van der Waals surface area contributed by atoms with Gasteiger partial charge >= 0.3 is 0 Å². The van der Waals surface area contributed by atoms with Crippen LogP contribution in [0.3, 0.4) is 0 Å². The summed E-state index contributed by atoms with van der Waals surface area (Å²) in [5.74, 6) is 8.66. The van der Waals surface area contributed by atoms with Crippen molar-refractivity contribution < 1.29 is 9.47 Å². The maximum Gasteiger partial charge on any atom is 0.127 e. The molecular weight excluding hydrogens is 685 g/mol. The van der Waals surface area contributed by atoms with Crippen LogP contribution in [0, 0.1) is 52.3 Å². The molecule has 4 aromatic rings. The highest BCUT2D eigenvalue weighted by molar-refractivity contribution is 5.48. The zero-order valence-electron chi connectivity index (χ0n) is 34.7. The number of fused-ring (bicyclic) bond motifs is 5. The second-order valence-electron chi connectivity index (χ2n) is 19.1. The molecule has 0 aromatic heterocycles. The van der Waals surface area contributed by atoms with Crippen LogP contribution in [0.1, 0.15) is 116 Å². The monoisotopic (exact) mass is 751 g/mol. The second-order valence-corrected chi connectivity index (χ2v) is 19.1. The van der Waals surface area contributed by atoms with Crippen molar-refractivity contribution in [3.8, 4) is 23.0 Å². The third kappa shape index (κ3) is 7.16. The lowest BCUT2D eigenvalue weighted by Crippen LogP contribution is -2.55. The highest BCUT2D eigenvalue weighted by Gasteiger charge is 2.61. The Balaban J connectivity index is 1.09. The summed E-state index contributed by atoms with van der Waals surface area (Å²) in [6.07, 6.45) is 20.1. The standard InChI is InChI=1S/C52H66N2O2/c1-6-51-32-33-52(37-10-19-42(20-11-37)55-44-23-15-40(53)16-24-44,38-12-21-43(22-13-38)56-45-25-17-41(54)18-26-45)34-39(51)14-27-46-48-29-28-47(36(4)9-7-8-35(2)3)50(48,5)31-30-49(46)51/h10-27,35-36,39,46-49H,6-9,28-34,53-54H2,1-5H3. The Labute approximate surface area is 337 Å². The van der Waals surface area contributed by atoms with Gasteiger partial charge in [0.2, 0.25) is 0 Å². The Kier molecular flexibility index (Phi) is 10.8. The first-order valence-corrected chi connectivity index (χ1v) is 22.0. The molecule has 0 radical (unpaired) electrons. The fourth-order valence-corrected chi connectivity index (χ4v) is 12.9. The average Bonchev–Trinajstić information content (AvgIpc) is 3.57. The van der Waals surface area contributed by atoms with Crippen molar-refractivity contribution in [2.75, 3.05) is 11.5 Å². The van der Waals surface area contributed by atoms with Gasteiger partial charge in [0.25, 0.3) is 0 Å². The van der Waals surface area contributed by atoms with Gasteiger partial charge in [0.1, 0.15) is 23.0 Å². The molecule has 4 N–H and O–H groups in total. The molecule has 8 atom stereocenters. The molecule has 4 aliphatic rings. The van der Waals surface area contributed by atoms with Gasteiger partial charge in [-0.25, -0.2) is 0 Å². The van der Waals surface area contributed by atoms with Crippen LogP contribution in [0.25, 0.3) is 0 Å². The number of allylic oxidation sites excluding steroid dienone is 2. The maximum atomic E-state index is 6.27. The quantitative estimate of drug-likeness (QED) is 0.112. The number of anilines is 2. The van der Waals surface area contributed by atoms with Gasteiger partial charge in [-0.3, -0.25) is 0 Å². The Morgan fingerprint density at radius 1 is 0.625 bits per heavy atom. The average molecular weight is 751 g/mol. The van der Waals surface area contributed by atoms with Crippen molar-refractivity contribution in [3.63, 3.8) is 0 Å². The van der Waals surface area contributed by atoms with E-state index in [1.165, 1.54) is 68.9 Å². The van der Waals surface area contributed by atoms with Gasteiger partial charge in [0.05, 0.1) is 0 Å². The highest BCUT2D eigenvalue weighted by Crippen LogP contribution is 2.69. The summed E-state index contributed by atoms with van der Waals surface area (Å²) in [6, 6.07) is 33.2. The topological polar surface area (TPSA) is 70.5 Å². The molecule has 8 unspecified atom stereocenters. The van der Waals surface area contributed by atoms with E-state index in [-0.39, 0.29) is 5.41 Å². The third-order valence-corrected chi connectivity index (χ3v) is 15.9. The number of benzene rings is 4. The first-order valence-electron chi connectivity index (χ1n) is 22.0. The van der Waals surface area contributed by atoms with Crippen molar-refractivity contribution in [1.82, 2.24) is 0 Å². The number of nitrogens with two attached hydrogens (primary N) is 2. The summed E-state index contributed by atoms with van der Waals surface area (Å²) >= 11 is 0. The Morgan fingerprint density at radius 2 is 1.16 bits per heavy atom. The van der Waals surface area contributed by atoms with Crippen LogP contribution in [-0.4, -0.2) is 0 Å². The first-order chi connectivity index (χ1) is 27.0. The molecule has 0 amide bonds. The molecule has 296 valence electrons. The maximum absolute atomic E-state index is 6.27. The molecule has 3 saturated carbocycles. The minimum absolute atomic E-state index is 0.118. The van der Waals surface area contributed by atoms with Crippen LogP contribution in [-0.2, 0) is 5.41 Å². The summed E-state index contributed by atoms with van der Waals surface area (Å²) in [6.45, 7) is 12.6. The highest BCUT2D eigenvalue weighted by atomic mass is 16.5. The van der Waals surface area contributed by atoms with E-state index in [4.69, 9.17) is 20.9 Å². The number of hydrogen-bond acceptors (Lipinski definition) is 4. The Hall–Kier alpha value is -4.18. The third-order valence-electron chi connectivity index (χ3n) is 15.9. The van der Waals surface area contributed by atoms with Crippen molar-refractivity contribution in [1.29, 1.82) is 0 Å². The molecule has 0 spiro atoms. The predicted molar refractivity (Wildman–Crippen MR) is 233 cm³/mol. The zero-order valence-corrected chi connectivity index (χ0v) is 34.7. The van der Waals surface area contributed by atoms with E-state index in [0.717, 1.165) is 82.7 Å². The molecule has 0 heterocycles. The van der Waals surface area contributed by atoms with Crippen LogP contribution < -0.4 is 20.9 Å². The van der Waals surface area contributed by atoms with E-state index in [1.54, 1.807) is 0 Å². The van der Waals surface area contributed by atoms with Crippen molar-refractivity contribution in [3.05, 3.63) is 120 Å². The van der Waals surface area contributed by atoms with E-state index >= 15 is 0 Å². The molecule has 4 heteroatoms. The normalized spacial score (nSPS) is 29.6. The summed E-state index contributed by atoms with van der Waals surface area (Å²) in [4.78, 5) is 0. The van der Waals surface area contributed by atoms with Gasteiger partial charge in [-0.05, 0) is 188 Å². The molecule has 0 saturated heterocycles. The molecule has 8 rings (SSSR count). The lowest BCUT2D eigenvalue weighted by molar-refractivity contribution is -0.0831. The van der Waals surface area contributed by atoms with Crippen LogP contribution in [0.15, 0.2) is 109 Å². The summed E-state index contributed by atoms with van der Waals surface area (Å²) in [5, 5.41) is 0. The smallest absolute Gasteiger partial charge is 0.127 e. The number of hydrogen-bond donors (Lipinski definition) is 2. The summed E-state index contributed by atoms with van der Waals surface area (Å²) in [7, 11) is 0. The lowest BCUT2D eigenvalue weighted by atomic mass is 9.42. The van der Waals surface area contributed by atoms with Crippen molar-refractivity contribution >= 4 is 11.4 Å². The van der Waals surface area contributed by atoms with E-state index in [9.17, 15) is 0 Å². The van der Waals surface area contributed by atoms with Gasteiger partial charge in [-0.15, -0.1) is 0 Å². The van der Waals surface area contributed by atoms with Crippen molar-refractivity contribution in [2.45, 2.75) is 111 Å². The van der Waals surface area contributed by atoms with Crippen LogP contribution in [0.4, 0.5) is 11.4 Å². The van der Waals surface area contributed by atoms with Crippen LogP contribution in [0.5, 0.6) is 23.0 Å². The minimum Gasteiger partial charge on any atom is -0.457 e. The fourth-order valence-electron chi connectivity index (χ4n) is 12.9. The fraction of sp³-hybridized carbons (Fsp3) is 0.500. The Morgan fingerprint density at radius 3 is 1.68 bits per heavy atom. The molecule has 4 aliphatic carbocycles. The Bertz CT molecular complexity index is 1860. The molecule has 3 fully saturated rings. The lowest BCUT2D eigenvalue weighted by Gasteiger charge is -2.62. The van der Waals surface area contributed by atoms with Gasteiger partial charge in [-0.2, -0.15) is 0 Å². The molecular formula is C52H66N2O2. The SMILES string of the molecule is CCC12CCC(c3ccc(Oc4ccc(N)cc4)cc3)(c3ccc(Oc4ccc(N)cc4)cc3)CC1C=CC1C3CCC(C(C)CCCC(C)C)C3(C)CCC12. The number of nitrogen functional groups attached to an aromatic ring is 2. The van der Waals surface area contributed by atoms with E-state index in [2.05, 4.69) is 95.3 Å². The number of rotatable bonds is 12. The molecule has 4 nitrogen and oxygen atoms in total. The molecule has 0 bridgehead atoms. The zero-order chi connectivity index (χ0) is 39.1. The predicted octanol–water partition coefficient (Wildman–Crippen LogP) is 14.0. The van der Waals surface area contributed by atoms with E-state index in [0.29, 0.717) is 16.7 Å². The largest absolute Gasteiger partial charge is 0.457 e. The van der Waals surface area contributed by atoms with Crippen LogP contribution in [0.2, 0.25) is 0 Å². The van der Waals surface area contributed by atoms with Gasteiger partial charge < -0.3 is 20.9 Å². The molecule has 0 aliphatic heterocycles. The number of ether oxygens (including phenoxy) is 2. The molecule has 56 heavy (non-hydrogen) atoms. The minimum atomic E-state index is -0.118. The first kappa shape index (κ1) is 38.7. The summed E-state index contributed by atoms with van der Waals surface area (Å²) < 4.78 is 12.5. The second kappa shape index (κ2) is 15.6. The van der Waals surface area contributed by atoms with Crippen LogP contribution >= 0.6 is 0 Å². The van der Waals surface area contributed by atoms with E-state index < -0.39 is 0 Å². The molecule has 4 aromatic carbocycles. The van der Waals surface area contributed by atoms with E-state index in [1.807, 2.05) is 48.5 Å².